The van der Waals surface area contributed by atoms with Gasteiger partial charge in [-0.3, -0.25) is 4.79 Å². The number of rotatable bonds is 10. The lowest BCUT2D eigenvalue weighted by molar-refractivity contribution is -0.137. The average Bonchev–Trinajstić information content (AvgIpc) is 3.58. The van der Waals surface area contributed by atoms with Crippen molar-refractivity contribution >= 4 is 29.0 Å². The molecular weight excluding hydrogens is 544 g/mol. The molecule has 2 heterocycles. The van der Waals surface area contributed by atoms with Crippen molar-refractivity contribution in [3.63, 3.8) is 0 Å². The van der Waals surface area contributed by atoms with Crippen LogP contribution in [0.4, 0.5) is 28.0 Å². The smallest absolute Gasteiger partial charge is 0.332 e. The van der Waals surface area contributed by atoms with E-state index in [2.05, 4.69) is 10.2 Å². The molecule has 0 bridgehead atoms. The monoisotopic (exact) mass is 576 g/mol. The van der Waals surface area contributed by atoms with Gasteiger partial charge in [0.1, 0.15) is 12.4 Å². The molecule has 0 unspecified atom stereocenters. The van der Waals surface area contributed by atoms with Gasteiger partial charge in [0, 0.05) is 30.2 Å². The second kappa shape index (κ2) is 13.3. The molecule has 1 N–H and O–H groups in total. The second-order valence-electron chi connectivity index (χ2n) is 9.88. The lowest BCUT2D eigenvalue weighted by Gasteiger charge is -2.29. The zero-order chi connectivity index (χ0) is 28.7. The molecule has 3 amide bonds. The van der Waals surface area contributed by atoms with Crippen LogP contribution in [0.15, 0.2) is 60.0 Å². The van der Waals surface area contributed by atoms with Gasteiger partial charge in [0.15, 0.2) is 0 Å². The van der Waals surface area contributed by atoms with E-state index in [0.717, 1.165) is 54.1 Å². The molecule has 3 aromatic rings. The van der Waals surface area contributed by atoms with E-state index in [-0.39, 0.29) is 37.0 Å². The average molecular weight is 577 g/mol. The highest BCUT2D eigenvalue weighted by Crippen LogP contribution is 2.30. The number of aryl methyl sites for hydroxylation is 1. The minimum Gasteiger partial charge on any atom is -0.332 e. The molecule has 1 saturated heterocycles. The van der Waals surface area contributed by atoms with Crippen molar-refractivity contribution < 1.29 is 27.2 Å². The normalized spacial score (nSPS) is 13.8. The van der Waals surface area contributed by atoms with Gasteiger partial charge < -0.3 is 20.0 Å². The van der Waals surface area contributed by atoms with Crippen molar-refractivity contribution in [2.75, 3.05) is 38.0 Å². The molecule has 4 rings (SSSR count). The number of anilines is 1. The summed E-state index contributed by atoms with van der Waals surface area (Å²) in [7, 11) is 0. The van der Waals surface area contributed by atoms with Gasteiger partial charge in [0.05, 0.1) is 12.1 Å². The Balaban J connectivity index is 1.53. The largest absolute Gasteiger partial charge is 0.416 e. The van der Waals surface area contributed by atoms with Gasteiger partial charge >= 0.3 is 12.2 Å². The number of amides is 3. The molecule has 1 aliphatic heterocycles. The summed E-state index contributed by atoms with van der Waals surface area (Å²) in [6.07, 6.45) is -2.44. The van der Waals surface area contributed by atoms with E-state index in [1.165, 1.54) is 40.5 Å². The highest BCUT2D eigenvalue weighted by molar-refractivity contribution is 7.10. The fourth-order valence-corrected chi connectivity index (χ4v) is 5.46. The summed E-state index contributed by atoms with van der Waals surface area (Å²) >= 11 is 1.52. The SMILES string of the molecule is Cc1ccsc1CN(Cc1ccc(F)cc1)C(=O)CN(CCN1CCCC1)C(=O)Nc1cccc(C(F)(F)F)c1. The Morgan fingerprint density at radius 1 is 1.00 bits per heavy atom. The number of likely N-dealkylation sites (tertiary alicyclic amines) is 1. The first kappa shape index (κ1) is 29.5. The van der Waals surface area contributed by atoms with E-state index < -0.39 is 17.8 Å². The standard InChI is InChI=1S/C29H32F4N4O2S/c1-21-11-16-40-26(21)19-37(18-22-7-9-24(30)10-8-22)27(38)20-36(15-14-35-12-2-3-13-35)28(39)34-25-6-4-5-23(17-25)29(31,32)33/h4-11,16-17H,2-3,12-15,18-20H2,1H3,(H,34,39). The van der Waals surface area contributed by atoms with Gasteiger partial charge in [-0.1, -0.05) is 18.2 Å². The second-order valence-corrected chi connectivity index (χ2v) is 10.9. The van der Waals surface area contributed by atoms with Gasteiger partial charge in [-0.05, 0) is 85.8 Å². The third kappa shape index (κ3) is 8.28. The molecular formula is C29H32F4N4O2S. The van der Waals surface area contributed by atoms with Crippen molar-refractivity contribution in [2.24, 2.45) is 0 Å². The van der Waals surface area contributed by atoms with Gasteiger partial charge in [0.25, 0.3) is 0 Å². The molecule has 11 heteroatoms. The lowest BCUT2D eigenvalue weighted by atomic mass is 10.2. The van der Waals surface area contributed by atoms with Crippen molar-refractivity contribution in [1.29, 1.82) is 0 Å². The van der Waals surface area contributed by atoms with Crippen molar-refractivity contribution in [2.45, 2.75) is 39.0 Å². The Kier molecular flexibility index (Phi) is 9.80. The topological polar surface area (TPSA) is 55.9 Å². The highest BCUT2D eigenvalue weighted by atomic mass is 32.1. The number of thiophene rings is 1. The zero-order valence-corrected chi connectivity index (χ0v) is 23.0. The third-order valence-corrected chi connectivity index (χ3v) is 7.89. The summed E-state index contributed by atoms with van der Waals surface area (Å²) in [5.41, 5.74) is 0.897. The minimum absolute atomic E-state index is 0.00387. The van der Waals surface area contributed by atoms with Crippen LogP contribution in [0.1, 0.15) is 34.4 Å². The molecule has 2 aromatic carbocycles. The van der Waals surface area contributed by atoms with Gasteiger partial charge in [0.2, 0.25) is 5.91 Å². The van der Waals surface area contributed by atoms with Gasteiger partial charge in [-0.15, -0.1) is 11.3 Å². The number of benzene rings is 2. The molecule has 40 heavy (non-hydrogen) atoms. The summed E-state index contributed by atoms with van der Waals surface area (Å²) in [5.74, 6) is -0.701. The molecule has 0 aliphatic carbocycles. The number of alkyl halides is 3. The van der Waals surface area contributed by atoms with Crippen LogP contribution in [0.25, 0.3) is 0 Å². The van der Waals surface area contributed by atoms with Crippen LogP contribution in [-0.4, -0.2) is 59.4 Å². The molecule has 1 aromatic heterocycles. The molecule has 6 nitrogen and oxygen atoms in total. The molecule has 0 saturated carbocycles. The molecule has 0 radical (unpaired) electrons. The van der Waals surface area contributed by atoms with Crippen LogP contribution < -0.4 is 5.32 Å². The van der Waals surface area contributed by atoms with Crippen molar-refractivity contribution in [3.8, 4) is 0 Å². The van der Waals surface area contributed by atoms with E-state index in [1.807, 2.05) is 18.4 Å². The number of hydrogen-bond acceptors (Lipinski definition) is 4. The minimum atomic E-state index is -4.55. The number of urea groups is 1. The van der Waals surface area contributed by atoms with Gasteiger partial charge in [-0.25, -0.2) is 9.18 Å². The Bertz CT molecular complexity index is 1290. The predicted octanol–water partition coefficient (Wildman–Crippen LogP) is 6.37. The predicted molar refractivity (Wildman–Crippen MR) is 147 cm³/mol. The van der Waals surface area contributed by atoms with Crippen molar-refractivity contribution in [1.82, 2.24) is 14.7 Å². The maximum Gasteiger partial charge on any atom is 0.416 e. The number of nitrogens with one attached hydrogen (secondary N) is 1. The maximum atomic E-state index is 13.7. The first-order valence-electron chi connectivity index (χ1n) is 13.1. The lowest BCUT2D eigenvalue weighted by Crippen LogP contribution is -2.46. The molecule has 1 fully saturated rings. The Morgan fingerprint density at radius 3 is 2.38 bits per heavy atom. The Morgan fingerprint density at radius 2 is 1.73 bits per heavy atom. The fourth-order valence-electron chi connectivity index (χ4n) is 4.54. The van der Waals surface area contributed by atoms with E-state index in [9.17, 15) is 27.2 Å². The van der Waals surface area contributed by atoms with E-state index >= 15 is 0 Å². The summed E-state index contributed by atoms with van der Waals surface area (Å²) in [6, 6.07) is 11.6. The molecule has 1 aliphatic rings. The molecule has 214 valence electrons. The first-order valence-corrected chi connectivity index (χ1v) is 14.0. The third-order valence-electron chi connectivity index (χ3n) is 6.88. The molecule has 0 atom stereocenters. The highest BCUT2D eigenvalue weighted by Gasteiger charge is 2.31. The van der Waals surface area contributed by atoms with Crippen LogP contribution in [0.3, 0.4) is 0 Å². The Labute approximate surface area is 235 Å². The van der Waals surface area contributed by atoms with Crippen LogP contribution >= 0.6 is 11.3 Å². The number of nitrogens with zero attached hydrogens (tertiary/aromatic N) is 3. The van der Waals surface area contributed by atoms with E-state index in [1.54, 1.807) is 17.0 Å². The van der Waals surface area contributed by atoms with Crippen LogP contribution in [0.5, 0.6) is 0 Å². The van der Waals surface area contributed by atoms with E-state index in [4.69, 9.17) is 0 Å². The summed E-state index contributed by atoms with van der Waals surface area (Å²) in [6.45, 7) is 4.79. The number of carbonyl (C=O) groups excluding carboxylic acids is 2. The summed E-state index contributed by atoms with van der Waals surface area (Å²) in [5, 5.41) is 4.48. The fraction of sp³-hybridized carbons (Fsp3) is 0.379. The summed E-state index contributed by atoms with van der Waals surface area (Å²) in [4.78, 5) is 33.1. The van der Waals surface area contributed by atoms with Gasteiger partial charge in [-0.2, -0.15) is 13.2 Å². The van der Waals surface area contributed by atoms with Crippen LogP contribution in [0.2, 0.25) is 0 Å². The van der Waals surface area contributed by atoms with Crippen LogP contribution in [-0.2, 0) is 24.1 Å². The Hall–Kier alpha value is -3.44. The maximum absolute atomic E-state index is 13.7. The van der Waals surface area contributed by atoms with Crippen molar-refractivity contribution in [3.05, 3.63) is 87.4 Å². The molecule has 0 spiro atoms. The number of hydrogen-bond donors (Lipinski definition) is 1. The summed E-state index contributed by atoms with van der Waals surface area (Å²) < 4.78 is 53.1. The zero-order valence-electron chi connectivity index (χ0n) is 22.2. The first-order chi connectivity index (χ1) is 19.1. The number of carbonyl (C=O) groups is 2. The van der Waals surface area contributed by atoms with Crippen LogP contribution in [0, 0.1) is 12.7 Å². The number of halogens is 4. The van der Waals surface area contributed by atoms with E-state index in [0.29, 0.717) is 13.1 Å². The quantitative estimate of drug-likeness (QED) is 0.285.